The Morgan fingerprint density at radius 1 is 1.26 bits per heavy atom. The lowest BCUT2D eigenvalue weighted by molar-refractivity contribution is 0.0339. The molecule has 5 heteroatoms. The first-order valence-electron chi connectivity index (χ1n) is 7.00. The van der Waals surface area contributed by atoms with Crippen molar-refractivity contribution in [1.82, 2.24) is 20.2 Å². The summed E-state index contributed by atoms with van der Waals surface area (Å²) >= 11 is 0. The molecule has 1 aromatic heterocycles. The van der Waals surface area contributed by atoms with Crippen molar-refractivity contribution in [3.05, 3.63) is 23.8 Å². The monoisotopic (exact) mass is 264 g/mol. The molecule has 2 rings (SSSR count). The van der Waals surface area contributed by atoms with E-state index in [2.05, 4.69) is 34.0 Å². The molecule has 19 heavy (non-hydrogen) atoms. The maximum Gasteiger partial charge on any atom is 0.0782 e. The molecule has 1 aromatic rings. The van der Waals surface area contributed by atoms with Crippen LogP contribution in [0, 0.1) is 6.92 Å². The number of rotatable bonds is 5. The number of ether oxygens (including phenoxy) is 1. The van der Waals surface area contributed by atoms with Crippen LogP contribution in [0.1, 0.15) is 31.3 Å². The third-order valence-corrected chi connectivity index (χ3v) is 3.50. The van der Waals surface area contributed by atoms with Crippen molar-refractivity contribution in [2.45, 2.75) is 32.9 Å². The summed E-state index contributed by atoms with van der Waals surface area (Å²) in [7, 11) is 0. The molecule has 0 aromatic carbocycles. The number of aryl methyl sites for hydroxylation is 1. The molecule has 2 atom stereocenters. The number of morpholine rings is 1. The Labute approximate surface area is 115 Å². The highest BCUT2D eigenvalue weighted by Crippen LogP contribution is 2.12. The highest BCUT2D eigenvalue weighted by Gasteiger charge is 2.17. The SMILES string of the molecule is Cc1nccnc1C(C)NC(C)CN1CCOCC1. The molecule has 1 fully saturated rings. The lowest BCUT2D eigenvalue weighted by Gasteiger charge is -2.30. The van der Waals surface area contributed by atoms with Gasteiger partial charge < -0.3 is 10.1 Å². The van der Waals surface area contributed by atoms with Crippen LogP contribution in [0.5, 0.6) is 0 Å². The minimum absolute atomic E-state index is 0.227. The molecule has 1 N–H and O–H groups in total. The maximum atomic E-state index is 5.37. The lowest BCUT2D eigenvalue weighted by Crippen LogP contribution is -2.45. The first-order chi connectivity index (χ1) is 9.16. The molecule has 1 aliphatic heterocycles. The second-order valence-corrected chi connectivity index (χ2v) is 5.23. The van der Waals surface area contributed by atoms with Crippen molar-refractivity contribution < 1.29 is 4.74 Å². The molecule has 1 aliphatic rings. The highest BCUT2D eigenvalue weighted by molar-refractivity contribution is 5.12. The number of nitrogens with zero attached hydrogens (tertiary/aromatic N) is 3. The first kappa shape index (κ1) is 14.4. The molecule has 0 radical (unpaired) electrons. The Morgan fingerprint density at radius 2 is 1.95 bits per heavy atom. The molecule has 5 nitrogen and oxygen atoms in total. The van der Waals surface area contributed by atoms with E-state index in [0.717, 1.165) is 44.2 Å². The Kier molecular flexibility index (Phi) is 5.24. The van der Waals surface area contributed by atoms with Crippen LogP contribution in [-0.2, 0) is 4.74 Å². The van der Waals surface area contributed by atoms with E-state index >= 15 is 0 Å². The van der Waals surface area contributed by atoms with E-state index in [1.54, 1.807) is 12.4 Å². The molecular weight excluding hydrogens is 240 g/mol. The van der Waals surface area contributed by atoms with E-state index in [1.165, 1.54) is 0 Å². The van der Waals surface area contributed by atoms with Gasteiger partial charge in [-0.05, 0) is 20.8 Å². The zero-order chi connectivity index (χ0) is 13.7. The molecule has 0 saturated carbocycles. The smallest absolute Gasteiger partial charge is 0.0782 e. The average Bonchev–Trinajstić information content (AvgIpc) is 2.40. The van der Waals surface area contributed by atoms with Crippen LogP contribution in [0.4, 0.5) is 0 Å². The van der Waals surface area contributed by atoms with Crippen LogP contribution in [0.15, 0.2) is 12.4 Å². The Hall–Kier alpha value is -1.04. The van der Waals surface area contributed by atoms with Gasteiger partial charge in [0.1, 0.15) is 0 Å². The topological polar surface area (TPSA) is 50.3 Å². The molecule has 1 saturated heterocycles. The van der Waals surface area contributed by atoms with Crippen molar-refractivity contribution >= 4 is 0 Å². The summed E-state index contributed by atoms with van der Waals surface area (Å²) in [5.74, 6) is 0. The van der Waals surface area contributed by atoms with Gasteiger partial charge in [-0.1, -0.05) is 0 Å². The van der Waals surface area contributed by atoms with Gasteiger partial charge in [0.15, 0.2) is 0 Å². The van der Waals surface area contributed by atoms with Crippen LogP contribution in [0.2, 0.25) is 0 Å². The summed E-state index contributed by atoms with van der Waals surface area (Å²) in [6, 6.07) is 0.652. The van der Waals surface area contributed by atoms with Crippen LogP contribution >= 0.6 is 0 Å². The zero-order valence-electron chi connectivity index (χ0n) is 12.1. The molecule has 0 amide bonds. The Bertz CT molecular complexity index is 393. The van der Waals surface area contributed by atoms with Gasteiger partial charge in [0, 0.05) is 44.1 Å². The van der Waals surface area contributed by atoms with Crippen LogP contribution in [-0.4, -0.2) is 53.8 Å². The van der Waals surface area contributed by atoms with Crippen LogP contribution in [0.3, 0.4) is 0 Å². The predicted octanol–water partition coefficient (Wildman–Crippen LogP) is 1.16. The molecule has 106 valence electrons. The fourth-order valence-electron chi connectivity index (χ4n) is 2.57. The zero-order valence-corrected chi connectivity index (χ0v) is 12.1. The molecule has 0 bridgehead atoms. The first-order valence-corrected chi connectivity index (χ1v) is 7.00. The van der Waals surface area contributed by atoms with Gasteiger partial charge >= 0.3 is 0 Å². The van der Waals surface area contributed by atoms with Crippen molar-refractivity contribution in [3.8, 4) is 0 Å². The average molecular weight is 264 g/mol. The second kappa shape index (κ2) is 6.93. The van der Waals surface area contributed by atoms with Gasteiger partial charge in [0.05, 0.1) is 24.6 Å². The number of aromatic nitrogens is 2. The third kappa shape index (κ3) is 4.23. The number of hydrogen-bond donors (Lipinski definition) is 1. The van der Waals surface area contributed by atoms with Crippen LogP contribution in [0.25, 0.3) is 0 Å². The van der Waals surface area contributed by atoms with E-state index in [4.69, 9.17) is 4.74 Å². The fourth-order valence-corrected chi connectivity index (χ4v) is 2.57. The van der Waals surface area contributed by atoms with E-state index in [9.17, 15) is 0 Å². The quantitative estimate of drug-likeness (QED) is 0.865. The van der Waals surface area contributed by atoms with Gasteiger partial charge in [0.25, 0.3) is 0 Å². The van der Waals surface area contributed by atoms with Gasteiger partial charge in [0.2, 0.25) is 0 Å². The van der Waals surface area contributed by atoms with Gasteiger partial charge in [-0.3, -0.25) is 14.9 Å². The maximum absolute atomic E-state index is 5.37. The van der Waals surface area contributed by atoms with E-state index in [0.29, 0.717) is 6.04 Å². The summed E-state index contributed by atoms with van der Waals surface area (Å²) in [5.41, 5.74) is 2.04. The normalized spacial score (nSPS) is 20.2. The van der Waals surface area contributed by atoms with Crippen LogP contribution < -0.4 is 5.32 Å². The molecule has 0 aliphatic carbocycles. The van der Waals surface area contributed by atoms with Crippen molar-refractivity contribution in [1.29, 1.82) is 0 Å². The second-order valence-electron chi connectivity index (χ2n) is 5.23. The molecule has 2 unspecified atom stereocenters. The molecular formula is C14H24N4O. The lowest BCUT2D eigenvalue weighted by atomic mass is 10.1. The van der Waals surface area contributed by atoms with Crippen molar-refractivity contribution in [2.75, 3.05) is 32.8 Å². The Morgan fingerprint density at radius 3 is 2.63 bits per heavy atom. The highest BCUT2D eigenvalue weighted by atomic mass is 16.5. The fraction of sp³-hybridized carbons (Fsp3) is 0.714. The summed E-state index contributed by atoms with van der Waals surface area (Å²) in [6.07, 6.45) is 3.50. The van der Waals surface area contributed by atoms with Gasteiger partial charge in [-0.2, -0.15) is 0 Å². The summed E-state index contributed by atoms with van der Waals surface area (Å²) in [4.78, 5) is 11.2. The number of nitrogens with one attached hydrogen (secondary N) is 1. The predicted molar refractivity (Wildman–Crippen MR) is 75.0 cm³/mol. The summed E-state index contributed by atoms with van der Waals surface area (Å²) in [5, 5.41) is 3.60. The Balaban J connectivity index is 1.84. The molecule has 0 spiro atoms. The minimum Gasteiger partial charge on any atom is -0.379 e. The summed E-state index contributed by atoms with van der Waals surface area (Å²) < 4.78 is 5.37. The minimum atomic E-state index is 0.227. The van der Waals surface area contributed by atoms with Crippen molar-refractivity contribution in [2.24, 2.45) is 0 Å². The van der Waals surface area contributed by atoms with Gasteiger partial charge in [-0.15, -0.1) is 0 Å². The number of hydrogen-bond acceptors (Lipinski definition) is 5. The summed E-state index contributed by atoms with van der Waals surface area (Å²) in [6.45, 7) is 11.2. The van der Waals surface area contributed by atoms with Crippen molar-refractivity contribution in [3.63, 3.8) is 0 Å². The van der Waals surface area contributed by atoms with E-state index in [1.807, 2.05) is 6.92 Å². The van der Waals surface area contributed by atoms with E-state index < -0.39 is 0 Å². The third-order valence-electron chi connectivity index (χ3n) is 3.50. The molecule has 2 heterocycles. The van der Waals surface area contributed by atoms with Gasteiger partial charge in [-0.25, -0.2) is 0 Å². The largest absolute Gasteiger partial charge is 0.379 e. The standard InChI is InChI=1S/C14H24N4O/c1-11(10-18-6-8-19-9-7-18)17-13(3)14-12(2)15-4-5-16-14/h4-5,11,13,17H,6-10H2,1-3H3. The van der Waals surface area contributed by atoms with E-state index in [-0.39, 0.29) is 6.04 Å².